The van der Waals surface area contributed by atoms with E-state index in [1.165, 1.54) is 0 Å². The van der Waals surface area contributed by atoms with Gasteiger partial charge in [0.2, 0.25) is 5.69 Å². The Bertz CT molecular complexity index is 3760. The molecular formula is C54H31N5O. The molecule has 6 nitrogen and oxygen atoms in total. The van der Waals surface area contributed by atoms with Gasteiger partial charge in [-0.2, -0.15) is 5.26 Å². The van der Waals surface area contributed by atoms with Gasteiger partial charge in [-0.15, -0.1) is 0 Å². The second-order valence-electron chi connectivity index (χ2n) is 15.1. The first-order valence-corrected chi connectivity index (χ1v) is 19.9. The van der Waals surface area contributed by atoms with E-state index >= 15 is 0 Å². The summed E-state index contributed by atoms with van der Waals surface area (Å²) in [5, 5.41) is 19.6. The summed E-state index contributed by atoms with van der Waals surface area (Å²) >= 11 is 0. The van der Waals surface area contributed by atoms with E-state index in [-0.39, 0.29) is 0 Å². The van der Waals surface area contributed by atoms with Gasteiger partial charge in [-0.3, -0.25) is 0 Å². The van der Waals surface area contributed by atoms with E-state index in [0.29, 0.717) is 22.6 Å². The molecule has 9 aromatic carbocycles. The quantitative estimate of drug-likeness (QED) is 0.164. The van der Waals surface area contributed by atoms with Gasteiger partial charge in [0.1, 0.15) is 11.7 Å². The maximum absolute atomic E-state index is 11.1. The van der Waals surface area contributed by atoms with Crippen LogP contribution in [0.25, 0.3) is 92.5 Å². The fraction of sp³-hybridized carbons (Fsp3) is 0. The molecule has 12 aromatic rings. The highest BCUT2D eigenvalue weighted by Crippen LogP contribution is 2.45. The van der Waals surface area contributed by atoms with Crippen molar-refractivity contribution in [2.24, 2.45) is 0 Å². The van der Waals surface area contributed by atoms with Crippen LogP contribution in [0.5, 0.6) is 0 Å². The zero-order chi connectivity index (χ0) is 39.9. The Morgan fingerprint density at radius 1 is 0.500 bits per heavy atom. The maximum Gasteiger partial charge on any atom is 0.212 e. The van der Waals surface area contributed by atoms with Crippen LogP contribution in [-0.4, -0.2) is 9.13 Å². The van der Waals surface area contributed by atoms with Crippen LogP contribution in [0.2, 0.25) is 0 Å². The third kappa shape index (κ3) is 4.80. The molecule has 3 aromatic heterocycles. The molecular weight excluding hydrogens is 735 g/mol. The molecule has 0 aliphatic carbocycles. The molecule has 278 valence electrons. The summed E-state index contributed by atoms with van der Waals surface area (Å²) in [4.78, 5) is 6.46. The lowest BCUT2D eigenvalue weighted by atomic mass is 10.0. The number of anilines is 3. The van der Waals surface area contributed by atoms with Gasteiger partial charge in [-0.1, -0.05) is 109 Å². The minimum Gasteiger partial charge on any atom is -0.454 e. The fourth-order valence-electron chi connectivity index (χ4n) is 9.37. The lowest BCUT2D eigenvalue weighted by molar-refractivity contribution is 0.671. The summed E-state index contributed by atoms with van der Waals surface area (Å²) in [5.74, 6) is 0. The number of hydrogen-bond acceptors (Lipinski definition) is 3. The summed E-state index contributed by atoms with van der Waals surface area (Å²) in [7, 11) is 0. The summed E-state index contributed by atoms with van der Waals surface area (Å²) in [6.45, 7) is 8.67. The molecule has 0 saturated carbocycles. The lowest BCUT2D eigenvalue weighted by Gasteiger charge is -2.25. The number of hydrogen-bond donors (Lipinski definition) is 0. The minimum absolute atomic E-state index is 0.423. The number of para-hydroxylation sites is 4. The standard InChI is InChI=1S/C54H31N5O/c1-56-45-32-49(35(33-55)30-50(45)59-46-22-12-10-20-40(46)42-26-27-43-41-21-11-13-23-51(41)60-54(43)53(42)59)58-47-29-25-38(57(36-15-4-2-5-16-36)37-17-6-3-7-18-37)31-44(47)52-39-19-9-8-14-34(39)24-28-48(52)58/h2-32H. The highest BCUT2D eigenvalue weighted by atomic mass is 16.3. The molecule has 0 unspecified atom stereocenters. The maximum atomic E-state index is 11.1. The smallest absolute Gasteiger partial charge is 0.212 e. The number of fused-ring (bicyclic) bond motifs is 12. The van der Waals surface area contributed by atoms with Crippen LogP contribution < -0.4 is 4.90 Å². The predicted octanol–water partition coefficient (Wildman–Crippen LogP) is 14.8. The van der Waals surface area contributed by atoms with Crippen molar-refractivity contribution >= 4 is 99.1 Å². The van der Waals surface area contributed by atoms with E-state index in [9.17, 15) is 5.26 Å². The number of nitrogens with zero attached hydrogens (tertiary/aromatic N) is 5. The zero-order valence-corrected chi connectivity index (χ0v) is 32.0. The molecule has 0 N–H and O–H groups in total. The second kappa shape index (κ2) is 13.0. The average Bonchev–Trinajstić information content (AvgIpc) is 3.97. The Kier molecular flexibility index (Phi) is 7.26. The molecule has 0 saturated heterocycles. The van der Waals surface area contributed by atoms with Crippen molar-refractivity contribution in [1.82, 2.24) is 9.13 Å². The number of furan rings is 1. The number of aromatic nitrogens is 2. The van der Waals surface area contributed by atoms with E-state index in [0.717, 1.165) is 93.4 Å². The van der Waals surface area contributed by atoms with Crippen molar-refractivity contribution in [1.29, 1.82) is 5.26 Å². The second-order valence-corrected chi connectivity index (χ2v) is 15.1. The van der Waals surface area contributed by atoms with Crippen LogP contribution >= 0.6 is 0 Å². The summed E-state index contributed by atoms with van der Waals surface area (Å²) in [6, 6.07) is 67.0. The van der Waals surface area contributed by atoms with Gasteiger partial charge in [-0.25, -0.2) is 4.85 Å². The van der Waals surface area contributed by atoms with Crippen LogP contribution in [0.4, 0.5) is 22.7 Å². The Morgan fingerprint density at radius 2 is 1.15 bits per heavy atom. The van der Waals surface area contributed by atoms with Crippen molar-refractivity contribution in [3.8, 4) is 17.4 Å². The number of benzene rings is 9. The van der Waals surface area contributed by atoms with Gasteiger partial charge in [0.05, 0.1) is 45.6 Å². The van der Waals surface area contributed by atoms with Gasteiger partial charge in [-0.05, 0) is 89.6 Å². The monoisotopic (exact) mass is 765 g/mol. The van der Waals surface area contributed by atoms with Crippen molar-refractivity contribution in [3.63, 3.8) is 0 Å². The third-order valence-corrected chi connectivity index (χ3v) is 11.9. The van der Waals surface area contributed by atoms with Crippen LogP contribution in [0, 0.1) is 17.9 Å². The molecule has 0 fully saturated rings. The molecule has 6 heteroatoms. The van der Waals surface area contributed by atoms with Crippen LogP contribution in [0.1, 0.15) is 5.56 Å². The highest BCUT2D eigenvalue weighted by Gasteiger charge is 2.25. The first-order chi connectivity index (χ1) is 29.7. The molecule has 3 heterocycles. The van der Waals surface area contributed by atoms with Gasteiger partial charge < -0.3 is 18.5 Å². The molecule has 0 spiro atoms. The first-order valence-electron chi connectivity index (χ1n) is 19.9. The van der Waals surface area contributed by atoms with Gasteiger partial charge in [0.25, 0.3) is 0 Å². The third-order valence-electron chi connectivity index (χ3n) is 11.9. The van der Waals surface area contributed by atoms with Crippen molar-refractivity contribution in [2.75, 3.05) is 4.90 Å². The summed E-state index contributed by atoms with van der Waals surface area (Å²) in [6.07, 6.45) is 0. The molecule has 0 atom stereocenters. The summed E-state index contributed by atoms with van der Waals surface area (Å²) in [5.41, 5.74) is 10.5. The van der Waals surface area contributed by atoms with Gasteiger partial charge in [0.15, 0.2) is 5.58 Å². The minimum atomic E-state index is 0.423. The Hall–Kier alpha value is -8.58. The lowest BCUT2D eigenvalue weighted by Crippen LogP contribution is -2.09. The Labute approximate surface area is 344 Å². The molecule has 0 aliphatic rings. The molecule has 0 amide bonds. The van der Waals surface area contributed by atoms with Gasteiger partial charge >= 0.3 is 0 Å². The van der Waals surface area contributed by atoms with Gasteiger partial charge in [0, 0.05) is 49.4 Å². The largest absolute Gasteiger partial charge is 0.454 e. The first kappa shape index (κ1) is 33.5. The van der Waals surface area contributed by atoms with E-state index in [1.807, 2.05) is 54.6 Å². The fourth-order valence-corrected chi connectivity index (χ4v) is 9.37. The number of nitriles is 1. The van der Waals surface area contributed by atoms with E-state index < -0.39 is 0 Å². The van der Waals surface area contributed by atoms with Crippen molar-refractivity contribution < 1.29 is 4.42 Å². The SMILES string of the molecule is [C-]#[N+]c1cc(-n2c3ccc(N(c4ccccc4)c4ccccc4)cc3c3c4ccccc4ccc32)c(C#N)cc1-n1c2ccccc2c2ccc3c4ccccc4oc3c21. The molecule has 0 aliphatic heterocycles. The van der Waals surface area contributed by atoms with Crippen molar-refractivity contribution in [2.45, 2.75) is 0 Å². The Balaban J connectivity index is 1.15. The average molecular weight is 766 g/mol. The van der Waals surface area contributed by atoms with Crippen LogP contribution in [0.3, 0.4) is 0 Å². The number of rotatable bonds is 5. The zero-order valence-electron chi connectivity index (χ0n) is 32.0. The summed E-state index contributed by atoms with van der Waals surface area (Å²) < 4.78 is 10.9. The molecule has 60 heavy (non-hydrogen) atoms. The van der Waals surface area contributed by atoms with E-state index in [4.69, 9.17) is 11.0 Å². The van der Waals surface area contributed by atoms with E-state index in [2.05, 4.69) is 158 Å². The normalized spacial score (nSPS) is 11.6. The van der Waals surface area contributed by atoms with Crippen LogP contribution in [-0.2, 0) is 0 Å². The predicted molar refractivity (Wildman–Crippen MR) is 246 cm³/mol. The molecule has 0 radical (unpaired) electrons. The molecule has 12 rings (SSSR count). The van der Waals surface area contributed by atoms with Crippen molar-refractivity contribution in [3.05, 3.63) is 205 Å². The van der Waals surface area contributed by atoms with E-state index in [1.54, 1.807) is 0 Å². The van der Waals surface area contributed by atoms with Crippen LogP contribution in [0.15, 0.2) is 192 Å². The molecule has 0 bridgehead atoms. The highest BCUT2D eigenvalue weighted by molar-refractivity contribution is 6.23. The Morgan fingerprint density at radius 3 is 1.92 bits per heavy atom. The topological polar surface area (TPSA) is 54.4 Å².